The smallest absolute Gasteiger partial charge is 0.351 e. The maximum Gasteiger partial charge on any atom is 0.351 e. The van der Waals surface area contributed by atoms with Crippen molar-refractivity contribution in [2.75, 3.05) is 19.8 Å². The number of fused-ring (bicyclic) bond motifs is 1. The standard InChI is InChI=1S/C34H31FN4O7/c1-20-9-8-14-25(43-16-15-36)27(20)24-17-23-18-39(34(42)38-30(23)37-24)31-28(35)29(46-33(41)22-12-6-3-7-13-22)26(45-31)19-44-32(40)21-10-4-2-5-11-21/h2-14,17-18,26,28-29,31H,15-16,19,36H2,1H3,(H,37,38,42). The van der Waals surface area contributed by atoms with Crippen LogP contribution in [0.2, 0.25) is 0 Å². The first-order valence-corrected chi connectivity index (χ1v) is 14.7. The molecule has 2 aromatic heterocycles. The molecule has 3 aromatic carbocycles. The van der Waals surface area contributed by atoms with Crippen molar-refractivity contribution in [1.82, 2.24) is 14.5 Å². The highest BCUT2D eigenvalue weighted by Crippen LogP contribution is 2.36. The quantitative estimate of drug-likeness (QED) is 0.216. The lowest BCUT2D eigenvalue weighted by Gasteiger charge is -2.19. The summed E-state index contributed by atoms with van der Waals surface area (Å²) >= 11 is 0. The molecule has 6 rings (SSSR count). The molecule has 0 radical (unpaired) electrons. The summed E-state index contributed by atoms with van der Waals surface area (Å²) in [5, 5.41) is 0.496. The minimum Gasteiger partial charge on any atom is -0.492 e. The van der Waals surface area contributed by atoms with E-state index in [0.717, 1.165) is 15.7 Å². The SMILES string of the molecule is Cc1cccc(OCCN)c1-c1cc2cn(C3OC(COC(=O)c4ccccc4)C(OC(=O)c4ccccc4)C3F)c(=O)nc2[nH]1. The number of alkyl halides is 1. The van der Waals surface area contributed by atoms with E-state index in [1.165, 1.54) is 18.3 Å². The number of aromatic amines is 1. The van der Waals surface area contributed by atoms with Gasteiger partial charge in [-0.25, -0.2) is 18.8 Å². The molecule has 1 aliphatic heterocycles. The van der Waals surface area contributed by atoms with Gasteiger partial charge in [-0.15, -0.1) is 0 Å². The van der Waals surface area contributed by atoms with Crippen molar-refractivity contribution < 1.29 is 32.9 Å². The fraction of sp³-hybridized carbons (Fsp3) is 0.235. The lowest BCUT2D eigenvalue weighted by molar-refractivity contribution is -0.0590. The molecular formula is C34H31FN4O7. The number of ether oxygens (including phenoxy) is 4. The van der Waals surface area contributed by atoms with Gasteiger partial charge in [0.1, 0.15) is 30.7 Å². The molecule has 1 saturated heterocycles. The predicted molar refractivity (Wildman–Crippen MR) is 166 cm³/mol. The van der Waals surface area contributed by atoms with Crippen LogP contribution in [0.25, 0.3) is 22.3 Å². The fourth-order valence-electron chi connectivity index (χ4n) is 5.38. The lowest BCUT2D eigenvalue weighted by Crippen LogP contribution is -2.37. The molecule has 1 fully saturated rings. The van der Waals surface area contributed by atoms with Gasteiger partial charge in [-0.05, 0) is 48.9 Å². The number of nitrogens with two attached hydrogens (primary N) is 1. The van der Waals surface area contributed by atoms with E-state index >= 15 is 4.39 Å². The van der Waals surface area contributed by atoms with Gasteiger partial charge in [0.2, 0.25) is 0 Å². The highest BCUT2D eigenvalue weighted by atomic mass is 19.1. The molecule has 3 N–H and O–H groups in total. The number of benzene rings is 3. The molecule has 236 valence electrons. The van der Waals surface area contributed by atoms with Crippen molar-refractivity contribution in [2.45, 2.75) is 31.5 Å². The van der Waals surface area contributed by atoms with Gasteiger partial charge in [0.15, 0.2) is 18.5 Å². The molecule has 0 saturated carbocycles. The number of hydrogen-bond donors (Lipinski definition) is 2. The second-order valence-corrected chi connectivity index (χ2v) is 10.7. The summed E-state index contributed by atoms with van der Waals surface area (Å²) in [6.45, 7) is 2.13. The van der Waals surface area contributed by atoms with Crippen LogP contribution in [0, 0.1) is 6.92 Å². The Hall–Kier alpha value is -5.33. The molecule has 4 unspecified atom stereocenters. The molecule has 5 aromatic rings. The Labute approximate surface area is 262 Å². The second kappa shape index (κ2) is 13.3. The topological polar surface area (TPSA) is 148 Å². The number of carbonyl (C=O) groups is 2. The van der Waals surface area contributed by atoms with Crippen LogP contribution in [-0.2, 0) is 14.2 Å². The van der Waals surface area contributed by atoms with Gasteiger partial charge in [0, 0.05) is 23.7 Å². The summed E-state index contributed by atoms with van der Waals surface area (Å²) in [5.74, 6) is -0.854. The van der Waals surface area contributed by atoms with Crippen LogP contribution in [0.15, 0.2) is 95.9 Å². The summed E-state index contributed by atoms with van der Waals surface area (Å²) in [7, 11) is 0. The number of esters is 2. The van der Waals surface area contributed by atoms with Gasteiger partial charge >= 0.3 is 17.6 Å². The molecule has 1 aliphatic rings. The molecule has 0 amide bonds. The lowest BCUT2D eigenvalue weighted by atomic mass is 10.0. The van der Waals surface area contributed by atoms with E-state index < -0.39 is 48.8 Å². The number of carbonyl (C=O) groups excluding carboxylic acids is 2. The minimum atomic E-state index is -2.00. The Morgan fingerprint density at radius 1 is 1.00 bits per heavy atom. The molecule has 12 heteroatoms. The number of rotatable bonds is 10. The Bertz CT molecular complexity index is 1910. The third-order valence-electron chi connectivity index (χ3n) is 7.59. The van der Waals surface area contributed by atoms with Crippen molar-refractivity contribution >= 4 is 23.0 Å². The summed E-state index contributed by atoms with van der Waals surface area (Å²) < 4.78 is 40.0. The van der Waals surface area contributed by atoms with E-state index in [1.807, 2.05) is 25.1 Å². The number of H-pyrrole nitrogens is 1. The Morgan fingerprint density at radius 2 is 1.70 bits per heavy atom. The van der Waals surface area contributed by atoms with E-state index in [1.54, 1.807) is 54.6 Å². The van der Waals surface area contributed by atoms with Crippen LogP contribution in [0.3, 0.4) is 0 Å². The Morgan fingerprint density at radius 3 is 2.39 bits per heavy atom. The van der Waals surface area contributed by atoms with E-state index in [-0.39, 0.29) is 16.8 Å². The molecule has 0 spiro atoms. The first kappa shape index (κ1) is 30.7. The molecule has 0 bridgehead atoms. The number of aryl methyl sites for hydroxylation is 1. The number of hydrogen-bond acceptors (Lipinski definition) is 9. The van der Waals surface area contributed by atoms with Crippen LogP contribution in [0.4, 0.5) is 4.39 Å². The monoisotopic (exact) mass is 626 g/mol. The van der Waals surface area contributed by atoms with Crippen LogP contribution >= 0.6 is 0 Å². The third-order valence-corrected chi connectivity index (χ3v) is 7.59. The van der Waals surface area contributed by atoms with Crippen molar-refractivity contribution in [1.29, 1.82) is 0 Å². The summed E-state index contributed by atoms with van der Waals surface area (Å²) in [6.07, 6.45) is -4.83. The zero-order chi connectivity index (χ0) is 32.2. The number of halogens is 1. The maximum atomic E-state index is 16.2. The number of aromatic nitrogens is 3. The zero-order valence-electron chi connectivity index (χ0n) is 24.8. The Kier molecular flexibility index (Phi) is 8.90. The molecule has 4 atom stereocenters. The minimum absolute atomic E-state index is 0.198. The van der Waals surface area contributed by atoms with Crippen molar-refractivity contribution in [2.24, 2.45) is 5.73 Å². The van der Waals surface area contributed by atoms with Crippen molar-refractivity contribution in [3.05, 3.63) is 118 Å². The van der Waals surface area contributed by atoms with Crippen LogP contribution in [0.1, 0.15) is 32.5 Å². The second-order valence-electron chi connectivity index (χ2n) is 10.7. The summed E-state index contributed by atoms with van der Waals surface area (Å²) in [4.78, 5) is 46.1. The fourth-order valence-corrected chi connectivity index (χ4v) is 5.38. The summed E-state index contributed by atoms with van der Waals surface area (Å²) in [5.41, 5.74) is 7.90. The normalized spacial score (nSPS) is 19.2. The third kappa shape index (κ3) is 6.25. The molecule has 3 heterocycles. The van der Waals surface area contributed by atoms with E-state index in [2.05, 4.69) is 9.97 Å². The van der Waals surface area contributed by atoms with Crippen LogP contribution < -0.4 is 16.2 Å². The number of nitrogens with zero attached hydrogens (tertiary/aromatic N) is 2. The van der Waals surface area contributed by atoms with Gasteiger partial charge < -0.3 is 29.7 Å². The molecule has 11 nitrogen and oxygen atoms in total. The Balaban J connectivity index is 1.30. The number of nitrogens with one attached hydrogen (secondary N) is 1. The van der Waals surface area contributed by atoms with Gasteiger partial charge in [-0.1, -0.05) is 48.5 Å². The first-order valence-electron chi connectivity index (χ1n) is 14.7. The largest absolute Gasteiger partial charge is 0.492 e. The van der Waals surface area contributed by atoms with Gasteiger partial charge in [0.25, 0.3) is 0 Å². The zero-order valence-corrected chi connectivity index (χ0v) is 24.8. The maximum absolute atomic E-state index is 16.2. The van der Waals surface area contributed by atoms with Gasteiger partial charge in [-0.3, -0.25) is 4.57 Å². The average molecular weight is 627 g/mol. The molecule has 46 heavy (non-hydrogen) atoms. The highest BCUT2D eigenvalue weighted by molar-refractivity contribution is 5.90. The van der Waals surface area contributed by atoms with Crippen molar-refractivity contribution in [3.63, 3.8) is 0 Å². The summed E-state index contributed by atoms with van der Waals surface area (Å²) in [6, 6.07) is 23.7. The first-order chi connectivity index (χ1) is 22.3. The average Bonchev–Trinajstić information content (AvgIpc) is 3.62. The van der Waals surface area contributed by atoms with Crippen LogP contribution in [-0.4, -0.2) is 64.6 Å². The molecular weight excluding hydrogens is 595 g/mol. The van der Waals surface area contributed by atoms with E-state index in [0.29, 0.717) is 30.0 Å². The van der Waals surface area contributed by atoms with E-state index in [4.69, 9.17) is 24.7 Å². The van der Waals surface area contributed by atoms with Gasteiger partial charge in [-0.2, -0.15) is 4.98 Å². The van der Waals surface area contributed by atoms with E-state index in [9.17, 15) is 14.4 Å². The highest BCUT2D eigenvalue weighted by Gasteiger charge is 2.49. The van der Waals surface area contributed by atoms with Crippen molar-refractivity contribution in [3.8, 4) is 17.0 Å². The molecule has 0 aliphatic carbocycles. The van der Waals surface area contributed by atoms with Crippen LogP contribution in [0.5, 0.6) is 5.75 Å². The predicted octanol–water partition coefficient (Wildman–Crippen LogP) is 4.36. The van der Waals surface area contributed by atoms with Gasteiger partial charge in [0.05, 0.1) is 16.8 Å².